The second-order valence-electron chi connectivity index (χ2n) is 5.51. The molecule has 0 spiro atoms. The number of hydrogen-bond donors (Lipinski definition) is 1. The molecule has 1 aliphatic rings. The van der Waals surface area contributed by atoms with Gasteiger partial charge in [0.25, 0.3) is 11.8 Å². The van der Waals surface area contributed by atoms with Gasteiger partial charge in [-0.25, -0.2) is 4.39 Å². The van der Waals surface area contributed by atoms with E-state index in [-0.39, 0.29) is 17.4 Å². The Balaban J connectivity index is 1.67. The summed E-state index contributed by atoms with van der Waals surface area (Å²) in [6.07, 6.45) is 1.70. The standard InChI is InChI=1S/C17H18FN3O3/c1-24-15-5-4-12(18)11-13(15)16(22)20-7-9-21(10-8-20)17(23)14-3-2-6-19-14/h2-6,11,19H,7-10H2,1H3. The minimum atomic E-state index is -0.486. The van der Waals surface area contributed by atoms with E-state index in [9.17, 15) is 14.0 Å². The Kier molecular flexibility index (Phi) is 4.50. The minimum absolute atomic E-state index is 0.0876. The van der Waals surface area contributed by atoms with Crippen LogP contribution in [-0.2, 0) is 0 Å². The molecule has 2 heterocycles. The number of methoxy groups -OCH3 is 1. The number of hydrogen-bond acceptors (Lipinski definition) is 3. The SMILES string of the molecule is COc1ccc(F)cc1C(=O)N1CCN(C(=O)c2ccc[nH]2)CC1. The average molecular weight is 331 g/mol. The number of rotatable bonds is 3. The zero-order valence-electron chi connectivity index (χ0n) is 13.3. The number of aromatic nitrogens is 1. The summed E-state index contributed by atoms with van der Waals surface area (Å²) in [4.78, 5) is 31.1. The highest BCUT2D eigenvalue weighted by Crippen LogP contribution is 2.22. The summed E-state index contributed by atoms with van der Waals surface area (Å²) in [5.74, 6) is -0.528. The first-order valence-electron chi connectivity index (χ1n) is 7.65. The van der Waals surface area contributed by atoms with Crippen molar-refractivity contribution in [1.29, 1.82) is 0 Å². The van der Waals surface area contributed by atoms with Gasteiger partial charge in [-0.2, -0.15) is 0 Å². The van der Waals surface area contributed by atoms with Crippen molar-refractivity contribution in [3.05, 3.63) is 53.6 Å². The third-order valence-corrected chi connectivity index (χ3v) is 4.07. The molecule has 1 aromatic heterocycles. The number of carbonyl (C=O) groups excluding carboxylic acids is 2. The number of aromatic amines is 1. The van der Waals surface area contributed by atoms with Crippen LogP contribution >= 0.6 is 0 Å². The lowest BCUT2D eigenvalue weighted by Crippen LogP contribution is -2.50. The molecule has 3 rings (SSSR count). The van der Waals surface area contributed by atoms with Crippen molar-refractivity contribution in [3.8, 4) is 5.75 Å². The lowest BCUT2D eigenvalue weighted by atomic mass is 10.1. The smallest absolute Gasteiger partial charge is 0.270 e. The maximum absolute atomic E-state index is 13.5. The zero-order chi connectivity index (χ0) is 17.1. The fourth-order valence-corrected chi connectivity index (χ4v) is 2.76. The van der Waals surface area contributed by atoms with E-state index < -0.39 is 5.82 Å². The van der Waals surface area contributed by atoms with Crippen LogP contribution in [0.3, 0.4) is 0 Å². The number of halogens is 1. The van der Waals surface area contributed by atoms with Crippen molar-refractivity contribution in [2.75, 3.05) is 33.3 Å². The molecule has 1 aromatic carbocycles. The van der Waals surface area contributed by atoms with E-state index in [4.69, 9.17) is 4.74 Å². The lowest BCUT2D eigenvalue weighted by Gasteiger charge is -2.34. The normalized spacial score (nSPS) is 14.6. The molecule has 1 N–H and O–H groups in total. The Labute approximate surface area is 138 Å². The second-order valence-corrected chi connectivity index (χ2v) is 5.51. The Bertz CT molecular complexity index is 738. The van der Waals surface area contributed by atoms with Gasteiger partial charge in [-0.3, -0.25) is 9.59 Å². The molecular formula is C17H18FN3O3. The van der Waals surface area contributed by atoms with E-state index in [2.05, 4.69) is 4.98 Å². The van der Waals surface area contributed by atoms with Gasteiger partial charge in [0.2, 0.25) is 0 Å². The van der Waals surface area contributed by atoms with E-state index in [1.165, 1.54) is 25.3 Å². The molecule has 6 nitrogen and oxygen atoms in total. The quantitative estimate of drug-likeness (QED) is 0.932. The third-order valence-electron chi connectivity index (χ3n) is 4.07. The number of amides is 2. The topological polar surface area (TPSA) is 65.6 Å². The van der Waals surface area contributed by atoms with Gasteiger partial charge in [0.05, 0.1) is 12.7 Å². The fourth-order valence-electron chi connectivity index (χ4n) is 2.76. The van der Waals surface area contributed by atoms with Crippen molar-refractivity contribution < 1.29 is 18.7 Å². The molecule has 2 amide bonds. The highest BCUT2D eigenvalue weighted by molar-refractivity contribution is 5.97. The number of nitrogens with one attached hydrogen (secondary N) is 1. The highest BCUT2D eigenvalue weighted by Gasteiger charge is 2.27. The summed E-state index contributed by atoms with van der Waals surface area (Å²) in [6.45, 7) is 1.65. The molecule has 0 bridgehead atoms. The fraction of sp³-hybridized carbons (Fsp3) is 0.294. The van der Waals surface area contributed by atoms with Gasteiger partial charge < -0.3 is 19.5 Å². The largest absolute Gasteiger partial charge is 0.496 e. The molecule has 0 saturated carbocycles. The molecule has 126 valence electrons. The van der Waals surface area contributed by atoms with Gasteiger partial charge in [0.1, 0.15) is 17.3 Å². The Hall–Kier alpha value is -2.83. The van der Waals surface area contributed by atoms with Crippen LogP contribution < -0.4 is 4.74 Å². The number of H-pyrrole nitrogens is 1. The van der Waals surface area contributed by atoms with Crippen LogP contribution in [-0.4, -0.2) is 59.9 Å². The third kappa shape index (κ3) is 3.10. The van der Waals surface area contributed by atoms with Gasteiger partial charge in [0, 0.05) is 32.4 Å². The van der Waals surface area contributed by atoms with Gasteiger partial charge in [-0.15, -0.1) is 0 Å². The first-order valence-corrected chi connectivity index (χ1v) is 7.65. The van der Waals surface area contributed by atoms with Gasteiger partial charge in [0.15, 0.2) is 0 Å². The Morgan fingerprint density at radius 3 is 2.33 bits per heavy atom. The number of benzene rings is 1. The second kappa shape index (κ2) is 6.74. The molecule has 1 aliphatic heterocycles. The summed E-state index contributed by atoms with van der Waals surface area (Å²) in [7, 11) is 1.44. The van der Waals surface area contributed by atoms with Crippen LogP contribution in [0.25, 0.3) is 0 Å². The summed E-state index contributed by atoms with van der Waals surface area (Å²) in [6, 6.07) is 7.36. The van der Waals surface area contributed by atoms with Crippen molar-refractivity contribution in [3.63, 3.8) is 0 Å². The van der Waals surface area contributed by atoms with Crippen LogP contribution in [0.4, 0.5) is 4.39 Å². The lowest BCUT2D eigenvalue weighted by molar-refractivity contribution is 0.0530. The van der Waals surface area contributed by atoms with Crippen LogP contribution in [0.1, 0.15) is 20.8 Å². The molecular weight excluding hydrogens is 313 g/mol. The van der Waals surface area contributed by atoms with Crippen molar-refractivity contribution in [1.82, 2.24) is 14.8 Å². The summed E-state index contributed by atoms with van der Waals surface area (Å²) >= 11 is 0. The van der Waals surface area contributed by atoms with Crippen molar-refractivity contribution >= 4 is 11.8 Å². The van der Waals surface area contributed by atoms with E-state index in [0.717, 1.165) is 0 Å². The highest BCUT2D eigenvalue weighted by atomic mass is 19.1. The van der Waals surface area contributed by atoms with E-state index in [1.54, 1.807) is 28.1 Å². The first kappa shape index (κ1) is 16.0. The average Bonchev–Trinajstić information content (AvgIpc) is 3.15. The molecule has 7 heteroatoms. The van der Waals surface area contributed by atoms with Crippen LogP contribution in [0, 0.1) is 5.82 Å². The number of piperazine rings is 1. The maximum atomic E-state index is 13.5. The van der Waals surface area contributed by atoms with Gasteiger partial charge in [-0.1, -0.05) is 0 Å². The van der Waals surface area contributed by atoms with E-state index >= 15 is 0 Å². The molecule has 24 heavy (non-hydrogen) atoms. The maximum Gasteiger partial charge on any atom is 0.270 e. The summed E-state index contributed by atoms with van der Waals surface area (Å²) in [5.41, 5.74) is 0.725. The van der Waals surface area contributed by atoms with Crippen molar-refractivity contribution in [2.24, 2.45) is 0 Å². The Morgan fingerprint density at radius 1 is 1.08 bits per heavy atom. The van der Waals surface area contributed by atoms with Crippen LogP contribution in [0.2, 0.25) is 0 Å². The van der Waals surface area contributed by atoms with Gasteiger partial charge >= 0.3 is 0 Å². The molecule has 1 fully saturated rings. The summed E-state index contributed by atoms with van der Waals surface area (Å²) in [5, 5.41) is 0. The van der Waals surface area contributed by atoms with Crippen molar-refractivity contribution in [2.45, 2.75) is 0 Å². The number of nitrogens with zero attached hydrogens (tertiary/aromatic N) is 2. The van der Waals surface area contributed by atoms with Gasteiger partial charge in [-0.05, 0) is 30.3 Å². The predicted molar refractivity (Wildman–Crippen MR) is 85.6 cm³/mol. The molecule has 0 aliphatic carbocycles. The molecule has 0 atom stereocenters. The number of carbonyl (C=O) groups is 2. The number of ether oxygens (including phenoxy) is 1. The molecule has 2 aromatic rings. The molecule has 1 saturated heterocycles. The Morgan fingerprint density at radius 2 is 1.75 bits per heavy atom. The predicted octanol–water partition coefficient (Wildman–Crippen LogP) is 1.76. The minimum Gasteiger partial charge on any atom is -0.496 e. The monoisotopic (exact) mass is 331 g/mol. The summed E-state index contributed by atoms with van der Waals surface area (Å²) < 4.78 is 18.6. The molecule has 0 unspecified atom stereocenters. The first-order chi connectivity index (χ1) is 11.6. The van der Waals surface area contributed by atoms with E-state index in [0.29, 0.717) is 37.6 Å². The molecule has 0 radical (unpaired) electrons. The van der Waals surface area contributed by atoms with E-state index in [1.807, 2.05) is 0 Å². The van der Waals surface area contributed by atoms with Crippen LogP contribution in [0.5, 0.6) is 5.75 Å². The van der Waals surface area contributed by atoms with Crippen LogP contribution in [0.15, 0.2) is 36.5 Å². The zero-order valence-corrected chi connectivity index (χ0v) is 13.3.